The van der Waals surface area contributed by atoms with E-state index in [-0.39, 0.29) is 30.4 Å². The van der Waals surface area contributed by atoms with Crippen molar-refractivity contribution in [3.63, 3.8) is 0 Å². The minimum atomic E-state index is -0.719. The summed E-state index contributed by atoms with van der Waals surface area (Å²) in [6, 6.07) is 8.39. The van der Waals surface area contributed by atoms with E-state index in [1.54, 1.807) is 40.6 Å². The van der Waals surface area contributed by atoms with Gasteiger partial charge in [0, 0.05) is 29.6 Å². The molecule has 1 saturated carbocycles. The van der Waals surface area contributed by atoms with Crippen LogP contribution in [-0.4, -0.2) is 79.9 Å². The molecule has 1 aromatic carbocycles. The van der Waals surface area contributed by atoms with E-state index < -0.39 is 33.4 Å². The molecular weight excluding hydrogens is 522 g/mol. The molecular formula is C32H43N3O4S. The van der Waals surface area contributed by atoms with Crippen molar-refractivity contribution in [2.75, 3.05) is 24.6 Å². The summed E-state index contributed by atoms with van der Waals surface area (Å²) in [5, 5.41) is 10.2. The Balaban J connectivity index is 1.57. The number of aliphatic hydroxyl groups is 1. The molecule has 6 atom stereocenters. The van der Waals surface area contributed by atoms with Crippen LogP contribution in [0.2, 0.25) is 0 Å². The summed E-state index contributed by atoms with van der Waals surface area (Å²) in [5.74, 6) is -1.53. The van der Waals surface area contributed by atoms with Crippen LogP contribution in [0.3, 0.4) is 0 Å². The topological polar surface area (TPSA) is 81.2 Å². The fourth-order valence-electron chi connectivity index (χ4n) is 7.92. The van der Waals surface area contributed by atoms with E-state index >= 15 is 0 Å². The first-order valence-electron chi connectivity index (χ1n) is 14.8. The lowest BCUT2D eigenvalue weighted by atomic mass is 9.66. The number of amides is 3. The van der Waals surface area contributed by atoms with E-state index in [0.717, 1.165) is 37.8 Å². The van der Waals surface area contributed by atoms with E-state index in [4.69, 9.17) is 0 Å². The standard InChI is InChI=1S/C32H43N3O4S/c1-5-19-33(23-13-9-7-10-14-23)28(37)25-26-29(38)35(22(3)21-36)27(32(26)18-17-31(25,4)40-32)30(39)34(20-6-2)24-15-11-8-12-16-24/h5-7,9-10,13-14,22,24-27,36H,1-2,8,11-12,15-21H2,3-4H3/t22-,25+,26+,27?,31-,32?/m1/s1. The molecule has 216 valence electrons. The molecule has 40 heavy (non-hydrogen) atoms. The van der Waals surface area contributed by atoms with E-state index in [1.807, 2.05) is 35.2 Å². The zero-order valence-corrected chi connectivity index (χ0v) is 24.7. The lowest BCUT2D eigenvalue weighted by molar-refractivity contribution is -0.147. The summed E-state index contributed by atoms with van der Waals surface area (Å²) < 4.78 is -1.18. The number of nitrogens with zero attached hydrogens (tertiary/aromatic N) is 3. The SMILES string of the molecule is C=CCN(C(=O)[C@@H]1[C@H]2C(=O)N([C@H](C)CO)C(C(=O)N(CC=C)C3CCCCC3)C23CC[C@@]1(C)S3)c1ccccc1. The van der Waals surface area contributed by atoms with Crippen molar-refractivity contribution in [3.8, 4) is 0 Å². The van der Waals surface area contributed by atoms with Crippen LogP contribution in [0.1, 0.15) is 58.8 Å². The van der Waals surface area contributed by atoms with Gasteiger partial charge in [-0.05, 0) is 51.7 Å². The number of hydrogen-bond acceptors (Lipinski definition) is 5. The van der Waals surface area contributed by atoms with Crippen molar-refractivity contribution in [1.29, 1.82) is 0 Å². The number of fused-ring (bicyclic) bond motifs is 1. The molecule has 4 fully saturated rings. The number of carbonyl (C=O) groups is 3. The summed E-state index contributed by atoms with van der Waals surface area (Å²) in [7, 11) is 0. The molecule has 2 unspecified atom stereocenters. The molecule has 1 aromatic rings. The molecule has 0 aromatic heterocycles. The molecule has 3 saturated heterocycles. The van der Waals surface area contributed by atoms with Gasteiger partial charge in [0.25, 0.3) is 0 Å². The molecule has 3 heterocycles. The molecule has 4 aliphatic rings. The third-order valence-electron chi connectivity index (χ3n) is 9.72. The second-order valence-electron chi connectivity index (χ2n) is 12.1. The summed E-state index contributed by atoms with van der Waals surface area (Å²) in [5.41, 5.74) is 0.769. The van der Waals surface area contributed by atoms with Crippen LogP contribution < -0.4 is 4.90 Å². The Morgan fingerprint density at radius 1 is 1.10 bits per heavy atom. The Kier molecular flexibility index (Phi) is 8.22. The summed E-state index contributed by atoms with van der Waals surface area (Å²) >= 11 is 1.68. The molecule has 1 aliphatic carbocycles. The number of thioether (sulfide) groups is 1. The van der Waals surface area contributed by atoms with Crippen molar-refractivity contribution < 1.29 is 19.5 Å². The highest BCUT2D eigenvalue weighted by molar-refractivity contribution is 8.02. The Hall–Kier alpha value is -2.58. The zero-order valence-electron chi connectivity index (χ0n) is 23.8. The maximum atomic E-state index is 14.7. The predicted molar refractivity (Wildman–Crippen MR) is 160 cm³/mol. The number of rotatable bonds is 10. The molecule has 1 N–H and O–H groups in total. The van der Waals surface area contributed by atoms with Crippen LogP contribution in [0.4, 0.5) is 5.69 Å². The second kappa shape index (κ2) is 11.4. The molecule has 3 aliphatic heterocycles. The van der Waals surface area contributed by atoms with Crippen LogP contribution in [0, 0.1) is 11.8 Å². The van der Waals surface area contributed by atoms with Crippen molar-refractivity contribution in [3.05, 3.63) is 55.6 Å². The van der Waals surface area contributed by atoms with Crippen molar-refractivity contribution in [2.45, 2.75) is 86.4 Å². The molecule has 3 amide bonds. The van der Waals surface area contributed by atoms with Gasteiger partial charge < -0.3 is 19.8 Å². The fourth-order valence-corrected chi connectivity index (χ4v) is 10.2. The van der Waals surface area contributed by atoms with Crippen molar-refractivity contribution in [1.82, 2.24) is 9.80 Å². The Labute approximate surface area is 242 Å². The summed E-state index contributed by atoms with van der Waals surface area (Å²) in [6.45, 7) is 12.2. The number of hydrogen-bond donors (Lipinski definition) is 1. The first kappa shape index (κ1) is 28.9. The molecule has 1 spiro atoms. The van der Waals surface area contributed by atoms with E-state index in [9.17, 15) is 19.5 Å². The van der Waals surface area contributed by atoms with Gasteiger partial charge in [0.15, 0.2) is 0 Å². The predicted octanol–water partition coefficient (Wildman–Crippen LogP) is 4.42. The number of para-hydroxylation sites is 1. The van der Waals surface area contributed by atoms with Gasteiger partial charge in [-0.1, -0.05) is 49.6 Å². The third kappa shape index (κ3) is 4.51. The highest BCUT2D eigenvalue weighted by Gasteiger charge is 2.78. The first-order chi connectivity index (χ1) is 19.2. The Morgan fingerprint density at radius 3 is 2.40 bits per heavy atom. The van der Waals surface area contributed by atoms with Crippen LogP contribution in [0.15, 0.2) is 55.6 Å². The fraction of sp³-hybridized carbons (Fsp3) is 0.594. The minimum Gasteiger partial charge on any atom is -0.394 e. The van der Waals surface area contributed by atoms with Crippen molar-refractivity contribution >= 4 is 35.2 Å². The lowest BCUT2D eigenvalue weighted by Gasteiger charge is -2.42. The average Bonchev–Trinajstić information content (AvgIpc) is 3.55. The molecule has 8 heteroatoms. The van der Waals surface area contributed by atoms with Gasteiger partial charge in [0.1, 0.15) is 6.04 Å². The molecule has 2 bridgehead atoms. The minimum absolute atomic E-state index is 0.0567. The number of likely N-dealkylation sites (tertiary alicyclic amines) is 1. The summed E-state index contributed by atoms with van der Waals surface area (Å²) in [6.07, 6.45) is 10.2. The number of aliphatic hydroxyl groups excluding tert-OH is 1. The number of anilines is 1. The van der Waals surface area contributed by atoms with Gasteiger partial charge in [-0.3, -0.25) is 14.4 Å². The zero-order chi connectivity index (χ0) is 28.7. The average molecular weight is 566 g/mol. The quantitative estimate of drug-likeness (QED) is 0.425. The van der Waals surface area contributed by atoms with E-state index in [2.05, 4.69) is 20.1 Å². The maximum absolute atomic E-state index is 14.7. The number of benzene rings is 1. The molecule has 0 radical (unpaired) electrons. The monoisotopic (exact) mass is 565 g/mol. The Bertz CT molecular complexity index is 1150. The maximum Gasteiger partial charge on any atom is 0.247 e. The summed E-state index contributed by atoms with van der Waals surface area (Å²) in [4.78, 5) is 48.9. The van der Waals surface area contributed by atoms with Crippen LogP contribution in [-0.2, 0) is 14.4 Å². The smallest absolute Gasteiger partial charge is 0.247 e. The highest BCUT2D eigenvalue weighted by Crippen LogP contribution is 2.72. The van der Waals surface area contributed by atoms with E-state index in [1.165, 1.54) is 6.42 Å². The normalized spacial score (nSPS) is 32.0. The highest BCUT2D eigenvalue weighted by atomic mass is 32.2. The first-order valence-corrected chi connectivity index (χ1v) is 15.6. The van der Waals surface area contributed by atoms with Crippen molar-refractivity contribution in [2.24, 2.45) is 11.8 Å². The van der Waals surface area contributed by atoms with Gasteiger partial charge in [0.05, 0.1) is 29.2 Å². The lowest BCUT2D eigenvalue weighted by Crippen LogP contribution is -2.59. The van der Waals surface area contributed by atoms with Crippen LogP contribution in [0.5, 0.6) is 0 Å². The molecule has 5 rings (SSSR count). The van der Waals surface area contributed by atoms with Gasteiger partial charge in [-0.25, -0.2) is 0 Å². The third-order valence-corrected chi connectivity index (χ3v) is 11.7. The number of carbonyl (C=O) groups excluding carboxylic acids is 3. The van der Waals surface area contributed by atoms with E-state index in [0.29, 0.717) is 19.5 Å². The van der Waals surface area contributed by atoms with Crippen LogP contribution >= 0.6 is 11.8 Å². The van der Waals surface area contributed by atoms with Gasteiger partial charge in [-0.15, -0.1) is 24.9 Å². The van der Waals surface area contributed by atoms with Gasteiger partial charge >= 0.3 is 0 Å². The second-order valence-corrected chi connectivity index (χ2v) is 14.0. The van der Waals surface area contributed by atoms with Gasteiger partial charge in [-0.2, -0.15) is 0 Å². The van der Waals surface area contributed by atoms with Crippen LogP contribution in [0.25, 0.3) is 0 Å². The molecule has 7 nitrogen and oxygen atoms in total. The van der Waals surface area contributed by atoms with Gasteiger partial charge in [0.2, 0.25) is 17.7 Å². The Morgan fingerprint density at radius 2 is 1.77 bits per heavy atom. The largest absolute Gasteiger partial charge is 0.394 e.